The minimum Gasteiger partial charge on any atom is -0.379 e. The zero-order valence-electron chi connectivity index (χ0n) is 17.1. The first kappa shape index (κ1) is 21.4. The number of halogens is 1. The van der Waals surface area contributed by atoms with Gasteiger partial charge in [-0.05, 0) is 17.7 Å². The molecule has 0 bridgehead atoms. The molecule has 8 heteroatoms. The van der Waals surface area contributed by atoms with Gasteiger partial charge in [0.15, 0.2) is 0 Å². The van der Waals surface area contributed by atoms with Crippen LogP contribution in [0.15, 0.2) is 30.8 Å². The van der Waals surface area contributed by atoms with E-state index >= 15 is 0 Å². The van der Waals surface area contributed by atoms with Crippen molar-refractivity contribution in [3.63, 3.8) is 0 Å². The van der Waals surface area contributed by atoms with Crippen molar-refractivity contribution in [1.82, 2.24) is 14.9 Å². The number of anilines is 3. The Hall–Kier alpha value is -2.35. The van der Waals surface area contributed by atoms with Gasteiger partial charge in [-0.25, -0.2) is 0 Å². The summed E-state index contributed by atoms with van der Waals surface area (Å²) in [6.07, 6.45) is 1.79. The van der Waals surface area contributed by atoms with Gasteiger partial charge in [0, 0.05) is 51.8 Å². The number of hydrogen-bond donors (Lipinski definition) is 2. The van der Waals surface area contributed by atoms with Crippen molar-refractivity contribution in [1.29, 1.82) is 0 Å². The fraction of sp³-hybridized carbons (Fsp3) is 0.429. The van der Waals surface area contributed by atoms with Crippen LogP contribution in [0.5, 0.6) is 0 Å². The largest absolute Gasteiger partial charge is 0.379 e. The Morgan fingerprint density at radius 3 is 2.55 bits per heavy atom. The maximum atomic E-state index is 5.98. The third-order valence-corrected chi connectivity index (χ3v) is 4.99. The zero-order valence-corrected chi connectivity index (χ0v) is 17.9. The van der Waals surface area contributed by atoms with E-state index in [2.05, 4.69) is 27.1 Å². The number of hydrogen-bond acceptors (Lipinski definition) is 7. The molecule has 3 rings (SSSR count). The summed E-state index contributed by atoms with van der Waals surface area (Å²) in [7, 11) is 3.94. The maximum absolute atomic E-state index is 5.98. The minimum absolute atomic E-state index is 0.603. The van der Waals surface area contributed by atoms with Crippen LogP contribution in [0.3, 0.4) is 0 Å². The molecule has 0 aliphatic carbocycles. The molecule has 1 saturated heterocycles. The molecule has 1 aromatic carbocycles. The summed E-state index contributed by atoms with van der Waals surface area (Å²) in [6, 6.07) is 7.77. The van der Waals surface area contributed by atoms with Crippen LogP contribution >= 0.6 is 11.6 Å². The summed E-state index contributed by atoms with van der Waals surface area (Å²) in [5.74, 6) is 2.18. The van der Waals surface area contributed by atoms with Gasteiger partial charge in [0.1, 0.15) is 11.6 Å². The fourth-order valence-electron chi connectivity index (χ4n) is 3.14. The molecule has 2 N–H and O–H groups in total. The van der Waals surface area contributed by atoms with E-state index in [4.69, 9.17) is 21.3 Å². The summed E-state index contributed by atoms with van der Waals surface area (Å²) in [5, 5.41) is 7.50. The second-order valence-corrected chi connectivity index (χ2v) is 7.53. The third kappa shape index (κ3) is 6.06. The third-order valence-electron chi connectivity index (χ3n) is 4.74. The van der Waals surface area contributed by atoms with E-state index in [-0.39, 0.29) is 0 Å². The first-order valence-corrected chi connectivity index (χ1v) is 10.2. The monoisotopic (exact) mass is 416 g/mol. The molecule has 7 nitrogen and oxygen atoms in total. The Balaban J connectivity index is 1.72. The van der Waals surface area contributed by atoms with Gasteiger partial charge in [-0.3, -0.25) is 4.90 Å². The molecule has 0 radical (unpaired) electrons. The Bertz CT molecular complexity index is 806. The Labute approximate surface area is 177 Å². The lowest BCUT2D eigenvalue weighted by Gasteiger charge is -2.26. The fourth-order valence-corrected chi connectivity index (χ4v) is 3.26. The standard InChI is InChI=1S/C21H29ClN6O/c1-4-18-19(24-15-16-5-7-17(22)8-6-16)25-21(26-20(18)27(2)3)23-9-10-28-11-13-29-14-12-28/h4-8H,1,9-15H2,2-3H3,(H2,23,24,25,26). The van der Waals surface area contributed by atoms with Crippen LogP contribution < -0.4 is 15.5 Å². The molecule has 0 unspecified atom stereocenters. The maximum Gasteiger partial charge on any atom is 0.226 e. The molecular formula is C21H29ClN6O. The van der Waals surface area contributed by atoms with Crippen LogP contribution in [-0.2, 0) is 11.3 Å². The summed E-state index contributed by atoms with van der Waals surface area (Å²) in [6.45, 7) is 9.82. The summed E-state index contributed by atoms with van der Waals surface area (Å²) < 4.78 is 5.40. The number of ether oxygens (including phenoxy) is 1. The summed E-state index contributed by atoms with van der Waals surface area (Å²) >= 11 is 5.98. The van der Waals surface area contributed by atoms with Gasteiger partial charge in [-0.1, -0.05) is 36.4 Å². The van der Waals surface area contributed by atoms with E-state index in [0.29, 0.717) is 12.5 Å². The van der Waals surface area contributed by atoms with E-state index in [1.807, 2.05) is 43.3 Å². The van der Waals surface area contributed by atoms with E-state index < -0.39 is 0 Å². The van der Waals surface area contributed by atoms with Gasteiger partial charge in [-0.2, -0.15) is 9.97 Å². The highest BCUT2D eigenvalue weighted by molar-refractivity contribution is 6.30. The van der Waals surface area contributed by atoms with Crippen LogP contribution in [0.1, 0.15) is 11.1 Å². The van der Waals surface area contributed by atoms with E-state index in [0.717, 1.165) is 67.2 Å². The topological polar surface area (TPSA) is 65.5 Å². The second kappa shape index (κ2) is 10.4. The minimum atomic E-state index is 0.603. The molecule has 0 amide bonds. The SMILES string of the molecule is C=Cc1c(NCc2ccc(Cl)cc2)nc(NCCN2CCOCC2)nc1N(C)C. The molecule has 0 spiro atoms. The Kier molecular flexibility index (Phi) is 7.69. The van der Waals surface area contributed by atoms with Crippen LogP contribution in [0.4, 0.5) is 17.6 Å². The Morgan fingerprint density at radius 2 is 1.90 bits per heavy atom. The lowest BCUT2D eigenvalue weighted by Crippen LogP contribution is -2.39. The van der Waals surface area contributed by atoms with Gasteiger partial charge >= 0.3 is 0 Å². The number of nitrogens with one attached hydrogen (secondary N) is 2. The van der Waals surface area contributed by atoms with Crippen molar-refractivity contribution in [2.45, 2.75) is 6.54 Å². The molecule has 156 valence electrons. The van der Waals surface area contributed by atoms with Gasteiger partial charge in [0.25, 0.3) is 0 Å². The van der Waals surface area contributed by atoms with E-state index in [9.17, 15) is 0 Å². The zero-order chi connectivity index (χ0) is 20.6. The molecule has 2 heterocycles. The summed E-state index contributed by atoms with van der Waals surface area (Å²) in [5.41, 5.74) is 2.00. The molecule has 29 heavy (non-hydrogen) atoms. The lowest BCUT2D eigenvalue weighted by atomic mass is 10.2. The quantitative estimate of drug-likeness (QED) is 0.650. The van der Waals surface area contributed by atoms with Crippen molar-refractivity contribution in [3.05, 3.63) is 47.0 Å². The molecule has 0 saturated carbocycles. The Morgan fingerprint density at radius 1 is 1.17 bits per heavy atom. The highest BCUT2D eigenvalue weighted by Crippen LogP contribution is 2.26. The van der Waals surface area contributed by atoms with Gasteiger partial charge in [0.05, 0.1) is 18.8 Å². The van der Waals surface area contributed by atoms with Gasteiger partial charge in [0.2, 0.25) is 5.95 Å². The van der Waals surface area contributed by atoms with Gasteiger partial charge < -0.3 is 20.3 Å². The van der Waals surface area contributed by atoms with Crippen LogP contribution in [0.2, 0.25) is 5.02 Å². The predicted molar refractivity (Wildman–Crippen MR) is 121 cm³/mol. The highest BCUT2D eigenvalue weighted by atomic mass is 35.5. The number of benzene rings is 1. The normalized spacial score (nSPS) is 14.4. The number of rotatable bonds is 9. The molecular weight excluding hydrogens is 388 g/mol. The molecule has 1 aromatic heterocycles. The van der Waals surface area contributed by atoms with Crippen molar-refractivity contribution < 1.29 is 4.74 Å². The molecule has 1 aliphatic rings. The van der Waals surface area contributed by atoms with E-state index in [1.54, 1.807) is 6.08 Å². The summed E-state index contributed by atoms with van der Waals surface area (Å²) in [4.78, 5) is 13.7. The van der Waals surface area contributed by atoms with Crippen LogP contribution in [-0.4, -0.2) is 68.4 Å². The highest BCUT2D eigenvalue weighted by Gasteiger charge is 2.15. The van der Waals surface area contributed by atoms with Crippen molar-refractivity contribution >= 4 is 35.3 Å². The number of morpholine rings is 1. The number of nitrogens with zero attached hydrogens (tertiary/aromatic N) is 4. The molecule has 1 fully saturated rings. The lowest BCUT2D eigenvalue weighted by molar-refractivity contribution is 0.0398. The van der Waals surface area contributed by atoms with Gasteiger partial charge in [-0.15, -0.1) is 0 Å². The molecule has 2 aromatic rings. The average molecular weight is 417 g/mol. The van der Waals surface area contributed by atoms with E-state index in [1.165, 1.54) is 0 Å². The van der Waals surface area contributed by atoms with Crippen molar-refractivity contribution in [2.75, 3.05) is 69.0 Å². The predicted octanol–water partition coefficient (Wildman–Crippen LogP) is 3.20. The first-order valence-electron chi connectivity index (χ1n) is 9.81. The second-order valence-electron chi connectivity index (χ2n) is 7.09. The average Bonchev–Trinajstić information content (AvgIpc) is 2.73. The van der Waals surface area contributed by atoms with Crippen molar-refractivity contribution in [2.24, 2.45) is 0 Å². The molecule has 1 aliphatic heterocycles. The van der Waals surface area contributed by atoms with Crippen LogP contribution in [0.25, 0.3) is 6.08 Å². The smallest absolute Gasteiger partial charge is 0.226 e. The molecule has 0 atom stereocenters. The number of aromatic nitrogens is 2. The van der Waals surface area contributed by atoms with Crippen LogP contribution in [0, 0.1) is 0 Å². The first-order chi connectivity index (χ1) is 14.1. The van der Waals surface area contributed by atoms with Crippen molar-refractivity contribution in [3.8, 4) is 0 Å².